The van der Waals surface area contributed by atoms with Crippen molar-refractivity contribution in [3.63, 3.8) is 0 Å². The van der Waals surface area contributed by atoms with Gasteiger partial charge in [-0.25, -0.2) is 19.5 Å². The number of ether oxygens (including phenoxy) is 2. The molecule has 0 radical (unpaired) electrons. The molecule has 2 amide bonds. The molecule has 2 unspecified atom stereocenters. The minimum Gasteiger partial charge on any atom is -0.445 e. The summed E-state index contributed by atoms with van der Waals surface area (Å²) in [5.41, 5.74) is 5.17. The number of guanidine groups is 1. The maximum absolute atomic E-state index is 12.4. The Kier molecular flexibility index (Phi) is 5.65. The van der Waals surface area contributed by atoms with Crippen LogP contribution in [0.5, 0.6) is 0 Å². The Hall–Kier alpha value is -1.38. The lowest BCUT2D eigenvalue weighted by molar-refractivity contribution is 0.0286. The van der Waals surface area contributed by atoms with Crippen molar-refractivity contribution in [2.24, 2.45) is 10.7 Å². The number of carbonyl (C=O) groups excluding carboxylic acids is 2. The molecule has 2 aliphatic rings. The van der Waals surface area contributed by atoms with Gasteiger partial charge in [0, 0.05) is 6.54 Å². The van der Waals surface area contributed by atoms with Crippen LogP contribution in [0.15, 0.2) is 17.1 Å². The van der Waals surface area contributed by atoms with Crippen LogP contribution >= 0.6 is 34.8 Å². The van der Waals surface area contributed by atoms with Crippen molar-refractivity contribution in [1.29, 1.82) is 0 Å². The fraction of sp³-hybridized carbons (Fsp3) is 0.643. The van der Waals surface area contributed by atoms with E-state index in [9.17, 15) is 9.59 Å². The first-order valence-corrected chi connectivity index (χ1v) is 8.55. The molecule has 0 aliphatic carbocycles. The molecule has 0 fully saturated rings. The van der Waals surface area contributed by atoms with E-state index < -0.39 is 40.4 Å². The van der Waals surface area contributed by atoms with E-state index in [-0.39, 0.29) is 12.5 Å². The number of carbonyl (C=O) groups is 2. The number of alkyl halides is 3. The maximum Gasteiger partial charge on any atom is 0.417 e. The van der Waals surface area contributed by atoms with Gasteiger partial charge in [0.1, 0.15) is 18.2 Å². The number of nitrogens with two attached hydrogens (primary N) is 1. The van der Waals surface area contributed by atoms with Gasteiger partial charge in [0.05, 0.1) is 0 Å². The zero-order valence-corrected chi connectivity index (χ0v) is 16.2. The Balaban J connectivity index is 2.13. The van der Waals surface area contributed by atoms with E-state index in [0.717, 1.165) is 0 Å². The van der Waals surface area contributed by atoms with Crippen LogP contribution in [0, 0.1) is 0 Å². The molecule has 0 spiro atoms. The minimum absolute atomic E-state index is 0.0463. The van der Waals surface area contributed by atoms with Crippen molar-refractivity contribution in [3.8, 4) is 0 Å². The van der Waals surface area contributed by atoms with Gasteiger partial charge in [-0.2, -0.15) is 0 Å². The summed E-state index contributed by atoms with van der Waals surface area (Å²) >= 11 is 16.7. The summed E-state index contributed by atoms with van der Waals surface area (Å²) in [6, 6.07) is -0.594. The Morgan fingerprint density at radius 1 is 1.32 bits per heavy atom. The molecule has 2 atom stereocenters. The van der Waals surface area contributed by atoms with Gasteiger partial charge in [-0.1, -0.05) is 47.0 Å². The Morgan fingerprint density at radius 2 is 1.96 bits per heavy atom. The highest BCUT2D eigenvalue weighted by molar-refractivity contribution is 6.67. The van der Waals surface area contributed by atoms with Gasteiger partial charge in [-0.15, -0.1) is 0 Å². The summed E-state index contributed by atoms with van der Waals surface area (Å²) < 4.78 is 8.59. The number of aliphatic imine (C=N–C) groups is 1. The van der Waals surface area contributed by atoms with Crippen molar-refractivity contribution in [2.45, 2.75) is 42.4 Å². The molecule has 8 nitrogen and oxygen atoms in total. The van der Waals surface area contributed by atoms with Crippen LogP contribution in [-0.4, -0.2) is 62.7 Å². The van der Waals surface area contributed by atoms with E-state index in [4.69, 9.17) is 50.0 Å². The lowest BCUT2D eigenvalue weighted by Gasteiger charge is -2.34. The van der Waals surface area contributed by atoms with Crippen LogP contribution in [-0.2, 0) is 9.47 Å². The standard InChI is InChI=1S/C14H19Cl3N4O4/c1-13(2,3)25-12(23)21-8-5-4-6-20(9(8)19-10(21)18)11(22)24-7-14(15,16)17/h4-5,8-9H,6-7H2,1-3H3,(H2,18,19). The second kappa shape index (κ2) is 7.09. The topological polar surface area (TPSA) is 97.5 Å². The second-order valence-electron chi connectivity index (χ2n) is 6.49. The first-order chi connectivity index (χ1) is 11.4. The third-order valence-corrected chi connectivity index (χ3v) is 3.58. The average Bonchev–Trinajstić information content (AvgIpc) is 2.77. The summed E-state index contributed by atoms with van der Waals surface area (Å²) in [5.74, 6) is -0.0463. The molecule has 0 aromatic heterocycles. The first kappa shape index (κ1) is 19.9. The molecule has 140 valence electrons. The Morgan fingerprint density at radius 3 is 2.52 bits per heavy atom. The minimum atomic E-state index is -1.72. The molecule has 0 saturated heterocycles. The maximum atomic E-state index is 12.4. The molecule has 2 aliphatic heterocycles. The van der Waals surface area contributed by atoms with Gasteiger partial charge < -0.3 is 15.2 Å². The molecule has 25 heavy (non-hydrogen) atoms. The normalized spacial score (nSPS) is 23.2. The molecule has 11 heteroatoms. The fourth-order valence-electron chi connectivity index (χ4n) is 2.36. The summed E-state index contributed by atoms with van der Waals surface area (Å²) in [6.07, 6.45) is 1.32. The SMILES string of the molecule is CC(C)(C)OC(=O)N1C(N)=NC2C1C=CCN2C(=O)OCC(Cl)(Cl)Cl. The summed E-state index contributed by atoms with van der Waals surface area (Å²) in [5, 5.41) is 0. The highest BCUT2D eigenvalue weighted by atomic mass is 35.6. The summed E-state index contributed by atoms with van der Waals surface area (Å²) in [7, 11) is 0. The van der Waals surface area contributed by atoms with Gasteiger partial charge in [-0.05, 0) is 20.8 Å². The van der Waals surface area contributed by atoms with Crippen LogP contribution in [0.3, 0.4) is 0 Å². The molecular formula is C14H19Cl3N4O4. The number of fused-ring (bicyclic) bond motifs is 1. The van der Waals surface area contributed by atoms with Crippen LogP contribution in [0.25, 0.3) is 0 Å². The zero-order chi connectivity index (χ0) is 19.0. The molecule has 0 saturated carbocycles. The molecule has 2 rings (SSSR count). The van der Waals surface area contributed by atoms with Crippen molar-refractivity contribution < 1.29 is 19.1 Å². The van der Waals surface area contributed by atoms with E-state index in [0.29, 0.717) is 0 Å². The molecular weight excluding hydrogens is 395 g/mol. The van der Waals surface area contributed by atoms with Crippen molar-refractivity contribution in [2.75, 3.05) is 13.2 Å². The number of nitrogens with zero attached hydrogens (tertiary/aromatic N) is 3. The third kappa shape index (κ3) is 5.05. The summed E-state index contributed by atoms with van der Waals surface area (Å²) in [6.45, 7) is 5.02. The van der Waals surface area contributed by atoms with E-state index in [2.05, 4.69) is 4.99 Å². The van der Waals surface area contributed by atoms with Crippen LogP contribution in [0.2, 0.25) is 0 Å². The quantitative estimate of drug-likeness (QED) is 0.526. The molecule has 0 bridgehead atoms. The zero-order valence-electron chi connectivity index (χ0n) is 13.9. The fourth-order valence-corrected chi connectivity index (χ4v) is 2.52. The van der Waals surface area contributed by atoms with Gasteiger partial charge in [0.2, 0.25) is 9.75 Å². The summed E-state index contributed by atoms with van der Waals surface area (Å²) in [4.78, 5) is 31.3. The van der Waals surface area contributed by atoms with Crippen molar-refractivity contribution in [3.05, 3.63) is 12.2 Å². The van der Waals surface area contributed by atoms with Crippen LogP contribution < -0.4 is 5.73 Å². The second-order valence-corrected chi connectivity index (χ2v) is 9.01. The molecule has 0 aromatic rings. The van der Waals surface area contributed by atoms with Crippen LogP contribution in [0.1, 0.15) is 20.8 Å². The number of rotatable bonds is 1. The van der Waals surface area contributed by atoms with Gasteiger partial charge >= 0.3 is 12.2 Å². The van der Waals surface area contributed by atoms with E-state index >= 15 is 0 Å². The van der Waals surface area contributed by atoms with Crippen LogP contribution in [0.4, 0.5) is 9.59 Å². The molecule has 2 heterocycles. The lowest BCUT2D eigenvalue weighted by atomic mass is 10.1. The average molecular weight is 414 g/mol. The van der Waals surface area contributed by atoms with Crippen molar-refractivity contribution in [1.82, 2.24) is 9.80 Å². The van der Waals surface area contributed by atoms with Crippen molar-refractivity contribution >= 4 is 52.9 Å². The molecule has 0 aromatic carbocycles. The predicted octanol–water partition coefficient (Wildman–Crippen LogP) is 2.63. The van der Waals surface area contributed by atoms with E-state index in [1.807, 2.05) is 0 Å². The highest BCUT2D eigenvalue weighted by Crippen LogP contribution is 2.29. The predicted molar refractivity (Wildman–Crippen MR) is 94.8 cm³/mol. The number of amides is 2. The number of hydrogen-bond acceptors (Lipinski definition) is 6. The monoisotopic (exact) mass is 412 g/mol. The number of halogens is 3. The highest BCUT2D eigenvalue weighted by Gasteiger charge is 2.45. The number of hydrogen-bond donors (Lipinski definition) is 1. The van der Waals surface area contributed by atoms with Gasteiger partial charge in [-0.3, -0.25) is 4.90 Å². The van der Waals surface area contributed by atoms with Gasteiger partial charge in [0.15, 0.2) is 6.17 Å². The lowest BCUT2D eigenvalue weighted by Crippen LogP contribution is -2.54. The van der Waals surface area contributed by atoms with E-state index in [1.165, 1.54) is 9.80 Å². The smallest absolute Gasteiger partial charge is 0.417 e. The van der Waals surface area contributed by atoms with Gasteiger partial charge in [0.25, 0.3) is 0 Å². The van der Waals surface area contributed by atoms with E-state index in [1.54, 1.807) is 32.9 Å². The molecule has 2 N–H and O–H groups in total. The largest absolute Gasteiger partial charge is 0.445 e. The Labute approximate surface area is 160 Å². The first-order valence-electron chi connectivity index (χ1n) is 7.41. The third-order valence-electron chi connectivity index (χ3n) is 3.25. The Bertz CT molecular complexity index is 612.